The van der Waals surface area contributed by atoms with Gasteiger partial charge in [0.15, 0.2) is 16.3 Å². The molecule has 0 unspecified atom stereocenters. The molecule has 0 saturated carbocycles. The number of carbonyl (C=O) groups is 1. The molecule has 0 amide bonds. The van der Waals surface area contributed by atoms with Crippen molar-refractivity contribution < 1.29 is 28.1 Å². The summed E-state index contributed by atoms with van der Waals surface area (Å²) in [5.41, 5.74) is 3.37. The Bertz CT molecular complexity index is 2140. The first-order chi connectivity index (χ1) is 23.4. The lowest BCUT2D eigenvalue weighted by Gasteiger charge is -2.26. The van der Waals surface area contributed by atoms with E-state index >= 15 is 0 Å². The van der Waals surface area contributed by atoms with Gasteiger partial charge in [-0.15, -0.1) is 0 Å². The van der Waals surface area contributed by atoms with Gasteiger partial charge >= 0.3 is 5.97 Å². The zero-order chi connectivity index (χ0) is 33.6. The fourth-order valence-electron chi connectivity index (χ4n) is 5.46. The van der Waals surface area contributed by atoms with E-state index in [2.05, 4.69) is 0 Å². The molecule has 4 aromatic carbocycles. The van der Waals surface area contributed by atoms with E-state index in [1.165, 1.54) is 30.6 Å². The summed E-state index contributed by atoms with van der Waals surface area (Å²) in [6.07, 6.45) is 1.77. The Morgan fingerprint density at radius 1 is 0.917 bits per heavy atom. The third-order valence-electron chi connectivity index (χ3n) is 7.67. The first-order valence-corrected chi connectivity index (χ1v) is 16.3. The third kappa shape index (κ3) is 6.79. The number of nitrogens with zero attached hydrogens (tertiary/aromatic N) is 2. The van der Waals surface area contributed by atoms with Crippen LogP contribution in [0.4, 0.5) is 4.39 Å². The summed E-state index contributed by atoms with van der Waals surface area (Å²) in [4.78, 5) is 33.3. The van der Waals surface area contributed by atoms with Crippen molar-refractivity contribution in [3.8, 4) is 17.2 Å². The summed E-state index contributed by atoms with van der Waals surface area (Å²) in [5.74, 6) is 0.793. The molecule has 1 aliphatic rings. The number of carbonyl (C=O) groups excluding carboxylic acids is 1. The minimum absolute atomic E-state index is 0.163. The van der Waals surface area contributed by atoms with Gasteiger partial charge in [-0.2, -0.15) is 0 Å². The number of aromatic nitrogens is 1. The second-order valence-electron chi connectivity index (χ2n) is 10.8. The molecule has 0 saturated heterocycles. The zero-order valence-corrected chi connectivity index (χ0v) is 27.5. The predicted octanol–water partition coefficient (Wildman–Crippen LogP) is 6.06. The van der Waals surface area contributed by atoms with Gasteiger partial charge in [0.1, 0.15) is 18.2 Å². The quantitative estimate of drug-likeness (QED) is 0.160. The molecule has 0 aliphatic carbocycles. The lowest BCUT2D eigenvalue weighted by Crippen LogP contribution is -2.40. The number of benzene rings is 4. The van der Waals surface area contributed by atoms with Crippen LogP contribution in [-0.4, -0.2) is 30.9 Å². The summed E-state index contributed by atoms with van der Waals surface area (Å²) in [7, 11) is 1.54. The van der Waals surface area contributed by atoms with Crippen LogP contribution in [0, 0.1) is 5.82 Å². The van der Waals surface area contributed by atoms with E-state index in [4.69, 9.17) is 23.9 Å². The lowest BCUT2D eigenvalue weighted by molar-refractivity contribution is -0.138. The number of rotatable bonds is 11. The van der Waals surface area contributed by atoms with Crippen LogP contribution in [0.15, 0.2) is 112 Å². The average Bonchev–Trinajstić information content (AvgIpc) is 3.42. The van der Waals surface area contributed by atoms with E-state index in [9.17, 15) is 14.0 Å². The largest absolute Gasteiger partial charge is 0.494 e. The monoisotopic (exact) mass is 664 g/mol. The van der Waals surface area contributed by atoms with Crippen molar-refractivity contribution in [2.75, 3.05) is 20.3 Å². The molecule has 5 aromatic rings. The number of esters is 1. The van der Waals surface area contributed by atoms with Gasteiger partial charge in [0.2, 0.25) is 0 Å². The van der Waals surface area contributed by atoms with E-state index in [0.717, 1.165) is 11.1 Å². The summed E-state index contributed by atoms with van der Waals surface area (Å²) in [6.45, 7) is 4.55. The first kappa shape index (κ1) is 32.5. The second kappa shape index (κ2) is 14.5. The molecule has 6 rings (SSSR count). The van der Waals surface area contributed by atoms with Crippen LogP contribution < -0.4 is 29.1 Å². The minimum Gasteiger partial charge on any atom is -0.494 e. The van der Waals surface area contributed by atoms with Gasteiger partial charge in [0, 0.05) is 5.56 Å². The number of ether oxygens (including phenoxy) is 4. The molecule has 1 aromatic heterocycles. The molecule has 244 valence electrons. The van der Waals surface area contributed by atoms with Crippen molar-refractivity contribution in [3.63, 3.8) is 0 Å². The van der Waals surface area contributed by atoms with Crippen LogP contribution in [-0.2, 0) is 16.1 Å². The highest BCUT2D eigenvalue weighted by Crippen LogP contribution is 2.36. The fraction of sp³-hybridized carbons (Fsp3) is 0.184. The normalized spacial score (nSPS) is 14.2. The maximum absolute atomic E-state index is 14.2. The molecule has 1 atom stereocenters. The molecular formula is C38H33FN2O6S. The number of hydrogen-bond donors (Lipinski definition) is 0. The Morgan fingerprint density at radius 2 is 1.67 bits per heavy atom. The minimum atomic E-state index is -0.801. The highest BCUT2D eigenvalue weighted by molar-refractivity contribution is 7.07. The summed E-state index contributed by atoms with van der Waals surface area (Å²) < 4.78 is 38.0. The Labute approximate surface area is 280 Å². The summed E-state index contributed by atoms with van der Waals surface area (Å²) >= 11 is 1.23. The molecule has 0 bridgehead atoms. The number of halogens is 1. The van der Waals surface area contributed by atoms with Crippen LogP contribution in [0.2, 0.25) is 0 Å². The highest BCUT2D eigenvalue weighted by atomic mass is 32.1. The van der Waals surface area contributed by atoms with E-state index in [1.807, 2.05) is 67.6 Å². The van der Waals surface area contributed by atoms with Gasteiger partial charge in [-0.1, -0.05) is 72.0 Å². The summed E-state index contributed by atoms with van der Waals surface area (Å²) in [6, 6.07) is 27.4. The molecule has 0 spiro atoms. The Balaban J connectivity index is 1.46. The molecule has 0 fully saturated rings. The zero-order valence-electron chi connectivity index (χ0n) is 26.6. The molecule has 2 heterocycles. The number of hydrogen-bond acceptors (Lipinski definition) is 8. The Hall–Kier alpha value is -5.48. The van der Waals surface area contributed by atoms with Crippen LogP contribution in [0.1, 0.15) is 42.1 Å². The van der Waals surface area contributed by atoms with Crippen molar-refractivity contribution in [2.24, 2.45) is 4.99 Å². The van der Waals surface area contributed by atoms with Crippen molar-refractivity contribution in [3.05, 3.63) is 150 Å². The Morgan fingerprint density at radius 3 is 2.35 bits per heavy atom. The molecule has 1 aliphatic heterocycles. The van der Waals surface area contributed by atoms with Gasteiger partial charge < -0.3 is 18.9 Å². The van der Waals surface area contributed by atoms with E-state index in [-0.39, 0.29) is 30.2 Å². The van der Waals surface area contributed by atoms with E-state index in [1.54, 1.807) is 41.8 Å². The molecule has 10 heteroatoms. The maximum atomic E-state index is 14.2. The standard InChI is InChI=1S/C38H33FN2O6S/c1-4-45-29-18-14-27(15-19-29)35-33(37(43)46-5-2)34(26-9-7-6-8-10-26)40-38-41(35)36(42)32(48-38)22-25-13-20-30(31(21-25)44-3)47-23-24-11-16-28(39)17-12-24/h6-22,35H,4-5,23H2,1-3H3/b32-22-/t35-/m0/s1. The number of fused-ring (bicyclic) bond motifs is 1. The van der Waals surface area contributed by atoms with Gasteiger partial charge in [-0.05, 0) is 73.0 Å². The first-order valence-electron chi connectivity index (χ1n) is 15.5. The average molecular weight is 665 g/mol. The Kier molecular flexibility index (Phi) is 9.82. The molecule has 48 heavy (non-hydrogen) atoms. The van der Waals surface area contributed by atoms with Crippen molar-refractivity contribution in [2.45, 2.75) is 26.5 Å². The van der Waals surface area contributed by atoms with Crippen LogP contribution in [0.5, 0.6) is 17.2 Å². The predicted molar refractivity (Wildman–Crippen MR) is 182 cm³/mol. The van der Waals surface area contributed by atoms with Crippen molar-refractivity contribution in [1.82, 2.24) is 4.57 Å². The van der Waals surface area contributed by atoms with Crippen LogP contribution >= 0.6 is 11.3 Å². The van der Waals surface area contributed by atoms with Crippen LogP contribution in [0.3, 0.4) is 0 Å². The van der Waals surface area contributed by atoms with Crippen molar-refractivity contribution in [1.29, 1.82) is 0 Å². The smallest absolute Gasteiger partial charge is 0.338 e. The molecule has 8 nitrogen and oxygen atoms in total. The van der Waals surface area contributed by atoms with Gasteiger partial charge in [0.25, 0.3) is 5.56 Å². The SMILES string of the molecule is CCOC(=O)C1=C(c2ccccc2)N=c2s/c(=C\c3ccc(OCc4ccc(F)cc4)c(OC)c3)c(=O)n2[C@H]1c1ccc(OCC)cc1. The van der Waals surface area contributed by atoms with E-state index < -0.39 is 12.0 Å². The van der Waals surface area contributed by atoms with Gasteiger partial charge in [-0.25, -0.2) is 14.2 Å². The topological polar surface area (TPSA) is 88.4 Å². The fourth-order valence-corrected chi connectivity index (χ4v) is 6.46. The molecular weight excluding hydrogens is 631 g/mol. The molecule has 0 N–H and O–H groups in total. The van der Waals surface area contributed by atoms with E-state index in [0.29, 0.717) is 50.0 Å². The summed E-state index contributed by atoms with van der Waals surface area (Å²) in [5, 5.41) is 0. The lowest BCUT2D eigenvalue weighted by atomic mass is 9.93. The molecule has 0 radical (unpaired) electrons. The highest BCUT2D eigenvalue weighted by Gasteiger charge is 2.35. The van der Waals surface area contributed by atoms with Crippen molar-refractivity contribution >= 4 is 29.1 Å². The second-order valence-corrected chi connectivity index (χ2v) is 11.8. The number of methoxy groups -OCH3 is 1. The van der Waals surface area contributed by atoms with Gasteiger partial charge in [0.05, 0.1) is 42.2 Å². The van der Waals surface area contributed by atoms with Gasteiger partial charge in [-0.3, -0.25) is 9.36 Å². The third-order valence-corrected chi connectivity index (χ3v) is 8.66. The van der Waals surface area contributed by atoms with Crippen LogP contribution in [0.25, 0.3) is 11.8 Å². The maximum Gasteiger partial charge on any atom is 0.338 e. The number of thiazole rings is 1.